The van der Waals surface area contributed by atoms with Crippen molar-refractivity contribution in [3.63, 3.8) is 0 Å². The molecule has 9 nitrogen and oxygen atoms in total. The van der Waals surface area contributed by atoms with Gasteiger partial charge in [0.05, 0.1) is 36.5 Å². The second-order valence-corrected chi connectivity index (χ2v) is 11.1. The average Bonchev–Trinajstić information content (AvgIpc) is 3.29. The summed E-state index contributed by atoms with van der Waals surface area (Å²) in [5.74, 6) is -0.441. The zero-order valence-electron chi connectivity index (χ0n) is 22.4. The van der Waals surface area contributed by atoms with Crippen LogP contribution in [0.15, 0.2) is 66.7 Å². The van der Waals surface area contributed by atoms with Gasteiger partial charge < -0.3 is 29.7 Å². The van der Waals surface area contributed by atoms with Crippen LogP contribution in [0, 0.1) is 5.92 Å². The topological polar surface area (TPSA) is 131 Å². The Hall–Kier alpha value is -3.54. The van der Waals surface area contributed by atoms with Gasteiger partial charge in [0, 0.05) is 35.1 Å². The summed E-state index contributed by atoms with van der Waals surface area (Å²) >= 11 is 1.63. The second-order valence-electron chi connectivity index (χ2n) is 9.98. The first kappa shape index (κ1) is 29.0. The summed E-state index contributed by atoms with van der Waals surface area (Å²) < 4.78 is 17.4. The molecule has 3 aromatic rings. The van der Waals surface area contributed by atoms with Gasteiger partial charge in [0.1, 0.15) is 0 Å². The molecule has 0 aromatic heterocycles. The maximum absolute atomic E-state index is 12.7. The van der Waals surface area contributed by atoms with Gasteiger partial charge in [-0.2, -0.15) is 11.8 Å². The van der Waals surface area contributed by atoms with Crippen LogP contribution in [0.4, 0.5) is 0 Å². The number of carbonyl (C=O) groups excluding carboxylic acids is 3. The fraction of sp³-hybridized carbons (Fsp3) is 0.323. The molecule has 4 atom stereocenters. The highest BCUT2D eigenvalue weighted by Gasteiger charge is 2.38. The molecule has 1 fully saturated rings. The molecule has 0 bridgehead atoms. The quantitative estimate of drug-likeness (QED) is 0.186. The number of hydrogen-bond donors (Lipinski definition) is 3. The molecule has 41 heavy (non-hydrogen) atoms. The normalized spacial score (nSPS) is 21.8. The highest BCUT2D eigenvalue weighted by atomic mass is 32.2. The molecule has 2 aliphatic heterocycles. The van der Waals surface area contributed by atoms with E-state index in [1.165, 1.54) is 18.2 Å². The number of amides is 1. The van der Waals surface area contributed by atoms with Crippen LogP contribution >= 0.6 is 11.8 Å². The van der Waals surface area contributed by atoms with Crippen molar-refractivity contribution in [3.8, 4) is 0 Å². The number of nitrogens with one attached hydrogen (secondary N) is 1. The van der Waals surface area contributed by atoms with Crippen LogP contribution in [0.25, 0.3) is 0 Å². The monoisotopic (exact) mass is 577 g/mol. The van der Waals surface area contributed by atoms with Gasteiger partial charge in [-0.3, -0.25) is 4.79 Å². The lowest BCUT2D eigenvalue weighted by molar-refractivity contribution is -0.268. The minimum absolute atomic E-state index is 0.0245. The lowest BCUT2D eigenvalue weighted by Crippen LogP contribution is -2.38. The molecule has 0 aliphatic carbocycles. The summed E-state index contributed by atoms with van der Waals surface area (Å²) in [6.07, 6.45) is -0.933. The third-order valence-corrected chi connectivity index (χ3v) is 8.29. The Morgan fingerprint density at radius 1 is 0.878 bits per heavy atom. The molecule has 1 amide bonds. The van der Waals surface area contributed by atoms with E-state index < -0.39 is 18.2 Å². The first-order chi connectivity index (χ1) is 19.9. The van der Waals surface area contributed by atoms with E-state index in [1.807, 2.05) is 48.5 Å². The Morgan fingerprint density at radius 2 is 1.56 bits per heavy atom. The molecule has 214 valence electrons. The molecule has 3 aromatic carbocycles. The largest absolute Gasteiger partial charge is 0.396 e. The zero-order valence-corrected chi connectivity index (χ0v) is 23.3. The third kappa shape index (κ3) is 6.52. The summed E-state index contributed by atoms with van der Waals surface area (Å²) in [7, 11) is 0. The van der Waals surface area contributed by atoms with Crippen LogP contribution in [-0.2, 0) is 27.4 Å². The molecule has 1 saturated heterocycles. The summed E-state index contributed by atoms with van der Waals surface area (Å²) in [6.45, 7) is 2.43. The Morgan fingerprint density at radius 3 is 2.27 bits per heavy atom. The van der Waals surface area contributed by atoms with Gasteiger partial charge in [-0.15, -0.1) is 0 Å². The molecule has 1 unspecified atom stereocenters. The van der Waals surface area contributed by atoms with Gasteiger partial charge in [0.15, 0.2) is 6.29 Å². The molecule has 2 heterocycles. The molecule has 0 spiro atoms. The Balaban J connectivity index is 1.26. The fourth-order valence-corrected chi connectivity index (χ4v) is 5.79. The van der Waals surface area contributed by atoms with Crippen molar-refractivity contribution >= 4 is 29.6 Å². The number of ether oxygens (including phenoxy) is 3. The number of benzene rings is 3. The fourth-order valence-electron chi connectivity index (χ4n) is 4.88. The first-order valence-electron chi connectivity index (χ1n) is 13.3. The number of hydrogen-bond acceptors (Lipinski definition) is 9. The summed E-state index contributed by atoms with van der Waals surface area (Å²) in [5.41, 5.74) is 4.02. The van der Waals surface area contributed by atoms with Crippen molar-refractivity contribution < 1.29 is 38.8 Å². The van der Waals surface area contributed by atoms with Crippen molar-refractivity contribution in [2.24, 2.45) is 5.92 Å². The molecule has 2 aliphatic rings. The van der Waals surface area contributed by atoms with Crippen molar-refractivity contribution in [2.75, 3.05) is 18.1 Å². The van der Waals surface area contributed by atoms with Gasteiger partial charge in [-0.1, -0.05) is 55.5 Å². The Labute approximate surface area is 241 Å². The van der Waals surface area contributed by atoms with Gasteiger partial charge in [-0.05, 0) is 34.9 Å². The van der Waals surface area contributed by atoms with Gasteiger partial charge in [0.2, 0.25) is 0 Å². The maximum Gasteiger partial charge on any atom is 0.346 e. The smallest absolute Gasteiger partial charge is 0.346 e. The van der Waals surface area contributed by atoms with Crippen molar-refractivity contribution in [3.05, 3.63) is 106 Å². The van der Waals surface area contributed by atoms with Crippen LogP contribution in [0.3, 0.4) is 0 Å². The molecule has 5 rings (SSSR count). The predicted molar refractivity (Wildman–Crippen MR) is 151 cm³/mol. The maximum atomic E-state index is 12.7. The van der Waals surface area contributed by atoms with Crippen LogP contribution in [0.1, 0.15) is 72.6 Å². The molecular formula is C31H31NO8S. The molecule has 10 heteroatoms. The number of fused-ring (bicyclic) bond motifs is 1. The molecule has 3 N–H and O–H groups in total. The van der Waals surface area contributed by atoms with E-state index in [1.54, 1.807) is 11.8 Å². The molecule has 0 radical (unpaired) electrons. The van der Waals surface area contributed by atoms with Crippen molar-refractivity contribution in [1.82, 2.24) is 5.32 Å². The van der Waals surface area contributed by atoms with E-state index in [4.69, 9.17) is 9.47 Å². The summed E-state index contributed by atoms with van der Waals surface area (Å²) in [6, 6.07) is 19.6. The number of aliphatic hydroxyl groups excluding tert-OH is 2. The highest BCUT2D eigenvalue weighted by Crippen LogP contribution is 2.42. The number of cyclic esters (lactones) is 2. The van der Waals surface area contributed by atoms with Crippen LogP contribution < -0.4 is 5.32 Å². The number of thioether (sulfide) groups is 1. The molecule has 0 saturated carbocycles. The molecular weight excluding hydrogens is 546 g/mol. The minimum atomic E-state index is -0.754. The van der Waals surface area contributed by atoms with Crippen LogP contribution in [0.5, 0.6) is 0 Å². The van der Waals surface area contributed by atoms with Gasteiger partial charge >= 0.3 is 11.9 Å². The lowest BCUT2D eigenvalue weighted by Gasteiger charge is -2.41. The highest BCUT2D eigenvalue weighted by molar-refractivity contribution is 7.99. The Bertz CT molecular complexity index is 1410. The summed E-state index contributed by atoms with van der Waals surface area (Å²) in [5, 5.41) is 21.5. The minimum Gasteiger partial charge on any atom is -0.396 e. The van der Waals surface area contributed by atoms with Crippen LogP contribution in [-0.4, -0.2) is 52.3 Å². The van der Waals surface area contributed by atoms with Gasteiger partial charge in [0.25, 0.3) is 5.91 Å². The van der Waals surface area contributed by atoms with E-state index in [2.05, 4.69) is 17.0 Å². The lowest BCUT2D eigenvalue weighted by atomic mass is 9.91. The number of carbonyl (C=O) groups is 3. The Kier molecular flexibility index (Phi) is 9.16. The number of esters is 2. The SMILES string of the molecule is C[C@H]1[C@@H](CSCCO)OC(c2ccc(CNC(=O)c3ccc4c(c3)C(=O)OC4=O)cc2)O[C@H]1c1ccc(CO)cc1. The second kappa shape index (κ2) is 13.0. The van der Waals surface area contributed by atoms with E-state index in [0.717, 1.165) is 22.3 Å². The van der Waals surface area contributed by atoms with Gasteiger partial charge in [-0.25, -0.2) is 9.59 Å². The van der Waals surface area contributed by atoms with Crippen molar-refractivity contribution in [2.45, 2.75) is 38.6 Å². The van der Waals surface area contributed by atoms with E-state index in [0.29, 0.717) is 11.5 Å². The van der Waals surface area contributed by atoms with E-state index in [9.17, 15) is 24.6 Å². The predicted octanol–water partition coefficient (Wildman–Crippen LogP) is 3.94. The zero-order chi connectivity index (χ0) is 28.9. The van der Waals surface area contributed by atoms with E-state index in [-0.39, 0.29) is 60.5 Å². The third-order valence-electron chi connectivity index (χ3n) is 7.25. The van der Waals surface area contributed by atoms with E-state index >= 15 is 0 Å². The first-order valence-corrected chi connectivity index (χ1v) is 14.5. The number of rotatable bonds is 10. The summed E-state index contributed by atoms with van der Waals surface area (Å²) in [4.78, 5) is 36.1. The van der Waals surface area contributed by atoms with Crippen LogP contribution in [0.2, 0.25) is 0 Å². The van der Waals surface area contributed by atoms with Crippen molar-refractivity contribution in [1.29, 1.82) is 0 Å². The number of aliphatic hydroxyl groups is 2. The average molecular weight is 578 g/mol. The standard InChI is InChI=1S/C31H31NO8S/c1-18-26(17-41-13-12-33)38-31(39-27(18)21-6-4-20(16-34)5-7-21)22-8-2-19(3-9-22)15-32-28(35)23-10-11-24-25(14-23)30(37)40-29(24)36/h2-11,14,18,26-27,31,33-34H,12-13,15-17H2,1H3,(H,32,35)/t18-,26+,27+,31?/m0/s1.